The SMILES string of the molecule is O=[C-]c1cn2cccnc2n1.[Y]. The van der Waals surface area contributed by atoms with E-state index < -0.39 is 0 Å². The fraction of sp³-hybridized carbons (Fsp3) is 0. The molecule has 4 nitrogen and oxygen atoms in total. The van der Waals surface area contributed by atoms with Crippen LogP contribution in [0.2, 0.25) is 0 Å². The Labute approximate surface area is 93.9 Å². The molecule has 2 heterocycles. The Morgan fingerprint density at radius 1 is 1.50 bits per heavy atom. The van der Waals surface area contributed by atoms with E-state index >= 15 is 0 Å². The van der Waals surface area contributed by atoms with E-state index in [2.05, 4.69) is 9.97 Å². The van der Waals surface area contributed by atoms with E-state index in [1.54, 1.807) is 35.3 Å². The average molecular weight is 235 g/mol. The van der Waals surface area contributed by atoms with Gasteiger partial charge in [-0.1, -0.05) is 0 Å². The van der Waals surface area contributed by atoms with E-state index in [4.69, 9.17) is 0 Å². The Balaban J connectivity index is 0.000000720. The second-order valence-corrected chi connectivity index (χ2v) is 2.06. The summed E-state index contributed by atoms with van der Waals surface area (Å²) in [5.41, 5.74) is 0.281. The predicted molar refractivity (Wildman–Crippen MR) is 37.8 cm³/mol. The Bertz CT molecular complexity index is 365. The molecule has 0 aliphatic heterocycles. The summed E-state index contributed by atoms with van der Waals surface area (Å²) in [6.45, 7) is 0. The van der Waals surface area contributed by atoms with Crippen LogP contribution in [-0.4, -0.2) is 20.7 Å². The van der Waals surface area contributed by atoms with Gasteiger partial charge in [0, 0.05) is 45.2 Å². The van der Waals surface area contributed by atoms with Gasteiger partial charge in [0.15, 0.2) is 0 Å². The van der Waals surface area contributed by atoms with Gasteiger partial charge in [0.1, 0.15) is 0 Å². The molecule has 0 fully saturated rings. The van der Waals surface area contributed by atoms with Gasteiger partial charge in [-0.25, -0.2) is 9.97 Å². The third-order valence-electron chi connectivity index (χ3n) is 1.34. The number of nitrogens with zero attached hydrogens (tertiary/aromatic N) is 3. The fourth-order valence-corrected chi connectivity index (χ4v) is 0.879. The first-order valence-corrected chi connectivity index (χ1v) is 3.08. The summed E-state index contributed by atoms with van der Waals surface area (Å²) >= 11 is 0. The Morgan fingerprint density at radius 3 is 3.00 bits per heavy atom. The van der Waals surface area contributed by atoms with Crippen LogP contribution in [0.1, 0.15) is 5.69 Å². The Morgan fingerprint density at radius 2 is 2.33 bits per heavy atom. The summed E-state index contributed by atoms with van der Waals surface area (Å²) in [5, 5.41) is 0. The number of aromatic nitrogens is 3. The topological polar surface area (TPSA) is 47.3 Å². The van der Waals surface area contributed by atoms with Crippen molar-refractivity contribution in [1.82, 2.24) is 14.4 Å². The summed E-state index contributed by atoms with van der Waals surface area (Å²) in [6.07, 6.45) is 6.67. The normalized spacial score (nSPS) is 9.33. The monoisotopic (exact) mass is 235 g/mol. The molecule has 0 saturated carbocycles. The van der Waals surface area contributed by atoms with Crippen molar-refractivity contribution in [2.45, 2.75) is 0 Å². The molecule has 2 rings (SSSR count). The van der Waals surface area contributed by atoms with Gasteiger partial charge in [-0.15, -0.1) is 6.20 Å². The minimum absolute atomic E-state index is 0. The van der Waals surface area contributed by atoms with Crippen molar-refractivity contribution in [2.24, 2.45) is 0 Å². The van der Waals surface area contributed by atoms with E-state index in [-0.39, 0.29) is 38.4 Å². The molecule has 0 amide bonds. The van der Waals surface area contributed by atoms with Crippen molar-refractivity contribution < 1.29 is 37.5 Å². The van der Waals surface area contributed by atoms with Crippen LogP contribution < -0.4 is 0 Å². The fourth-order valence-electron chi connectivity index (χ4n) is 0.879. The minimum atomic E-state index is 0. The van der Waals surface area contributed by atoms with Crippen molar-refractivity contribution in [3.63, 3.8) is 0 Å². The zero-order chi connectivity index (χ0) is 7.68. The van der Waals surface area contributed by atoms with Crippen molar-refractivity contribution in [3.8, 4) is 0 Å². The first kappa shape index (κ1) is 9.48. The number of hydrogen-bond donors (Lipinski definition) is 0. The maximum Gasteiger partial charge on any atom is 0.214 e. The van der Waals surface area contributed by atoms with Gasteiger partial charge in [-0.2, -0.15) is 0 Å². The van der Waals surface area contributed by atoms with Crippen LogP contribution in [0.25, 0.3) is 5.78 Å². The summed E-state index contributed by atoms with van der Waals surface area (Å²) in [7, 11) is 0. The van der Waals surface area contributed by atoms with Crippen molar-refractivity contribution in [2.75, 3.05) is 0 Å². The maximum absolute atomic E-state index is 10.1. The van der Waals surface area contributed by atoms with E-state index in [1.165, 1.54) is 0 Å². The first-order valence-electron chi connectivity index (χ1n) is 3.08. The molecule has 2 aromatic heterocycles. The predicted octanol–water partition coefficient (Wildman–Crippen LogP) is 0.185. The van der Waals surface area contributed by atoms with Crippen molar-refractivity contribution in [3.05, 3.63) is 30.4 Å². The molecule has 0 aliphatic carbocycles. The maximum atomic E-state index is 10.1. The number of fused-ring (bicyclic) bond motifs is 1. The largest absolute Gasteiger partial charge is 0.417 e. The molecule has 12 heavy (non-hydrogen) atoms. The van der Waals surface area contributed by atoms with Gasteiger partial charge in [-0.3, -0.25) is 0 Å². The van der Waals surface area contributed by atoms with E-state index in [1.807, 2.05) is 0 Å². The second-order valence-electron chi connectivity index (χ2n) is 2.06. The molecule has 57 valence electrons. The molecule has 0 spiro atoms. The zero-order valence-corrected chi connectivity index (χ0v) is 8.97. The third kappa shape index (κ3) is 1.59. The number of imidazole rings is 1. The van der Waals surface area contributed by atoms with Gasteiger partial charge >= 0.3 is 0 Å². The van der Waals surface area contributed by atoms with Gasteiger partial charge in [0.05, 0.1) is 0 Å². The standard InChI is InChI=1S/C7H4N3O.Y/c11-5-6-4-10-3-1-2-8-7(10)9-6;/h1-4H;/q-1;. The van der Waals surface area contributed by atoms with E-state index in [0.717, 1.165) is 0 Å². The van der Waals surface area contributed by atoms with Crippen LogP contribution >= 0.6 is 0 Å². The minimum Gasteiger partial charge on any atom is -0.417 e. The van der Waals surface area contributed by atoms with Crippen LogP contribution in [0.5, 0.6) is 0 Å². The number of hydrogen-bond acceptors (Lipinski definition) is 3. The van der Waals surface area contributed by atoms with Crippen molar-refractivity contribution in [1.29, 1.82) is 0 Å². The molecule has 0 aromatic carbocycles. The summed E-state index contributed by atoms with van der Waals surface area (Å²) < 4.78 is 1.67. The van der Waals surface area contributed by atoms with Gasteiger partial charge in [0.2, 0.25) is 5.78 Å². The molecular weight excluding hydrogens is 231 g/mol. The first-order chi connectivity index (χ1) is 5.40. The van der Waals surface area contributed by atoms with Crippen LogP contribution in [0, 0.1) is 0 Å². The average Bonchev–Trinajstić information content (AvgIpc) is 2.46. The van der Waals surface area contributed by atoms with E-state index in [9.17, 15) is 4.79 Å². The summed E-state index contributed by atoms with van der Waals surface area (Å²) in [5.74, 6) is 0.519. The molecule has 0 unspecified atom stereocenters. The van der Waals surface area contributed by atoms with Gasteiger partial charge in [-0.05, 0) is 18.0 Å². The smallest absolute Gasteiger partial charge is 0.214 e. The molecule has 0 saturated heterocycles. The molecule has 0 N–H and O–H groups in total. The molecule has 1 radical (unpaired) electrons. The molecule has 0 aliphatic rings. The van der Waals surface area contributed by atoms with Crippen LogP contribution in [0.4, 0.5) is 0 Å². The zero-order valence-electron chi connectivity index (χ0n) is 6.14. The molecule has 5 heteroatoms. The summed E-state index contributed by atoms with van der Waals surface area (Å²) in [4.78, 5) is 17.9. The number of carbonyl (C=O) groups excluding carboxylic acids is 1. The summed E-state index contributed by atoms with van der Waals surface area (Å²) in [6, 6.07) is 1.77. The van der Waals surface area contributed by atoms with Crippen LogP contribution in [0.15, 0.2) is 24.7 Å². The molecule has 2 aromatic rings. The third-order valence-corrected chi connectivity index (χ3v) is 1.34. The quantitative estimate of drug-likeness (QED) is 0.662. The van der Waals surface area contributed by atoms with Gasteiger partial charge in [0.25, 0.3) is 0 Å². The molecule has 0 atom stereocenters. The Kier molecular flexibility index (Phi) is 3.06. The molecular formula is C7H4N3OY-. The van der Waals surface area contributed by atoms with Gasteiger partial charge < -0.3 is 9.20 Å². The second kappa shape index (κ2) is 3.87. The number of rotatable bonds is 1. The van der Waals surface area contributed by atoms with E-state index in [0.29, 0.717) is 5.78 Å². The van der Waals surface area contributed by atoms with Crippen molar-refractivity contribution >= 4 is 12.1 Å². The molecule has 0 bridgehead atoms. The van der Waals surface area contributed by atoms with Crippen LogP contribution in [-0.2, 0) is 37.5 Å². The Hall–Kier alpha value is -0.606. The van der Waals surface area contributed by atoms with Crippen LogP contribution in [0.3, 0.4) is 0 Å².